The van der Waals surface area contributed by atoms with Gasteiger partial charge in [-0.1, -0.05) is 25.5 Å². The second-order valence-corrected chi connectivity index (χ2v) is 1.81. The van der Waals surface area contributed by atoms with Gasteiger partial charge in [-0.25, -0.2) is 0 Å². The molecule has 10 heavy (non-hydrogen) atoms. The molecule has 0 saturated carbocycles. The third-order valence-electron chi connectivity index (χ3n) is 1.07. The Morgan fingerprint density at radius 1 is 1.80 bits per heavy atom. The molecule has 0 bridgehead atoms. The molecule has 0 aliphatic rings. The van der Waals surface area contributed by atoms with Crippen molar-refractivity contribution in [2.75, 3.05) is 0 Å². The van der Waals surface area contributed by atoms with Gasteiger partial charge in [0.05, 0.1) is 0 Å². The summed E-state index contributed by atoms with van der Waals surface area (Å²) in [6.07, 6.45) is 8.32. The van der Waals surface area contributed by atoms with Crippen molar-refractivity contribution in [3.63, 3.8) is 0 Å². The molecule has 0 amide bonds. The van der Waals surface area contributed by atoms with E-state index in [1.54, 1.807) is 6.08 Å². The third-order valence-corrected chi connectivity index (χ3v) is 1.07. The van der Waals surface area contributed by atoms with Gasteiger partial charge in [0.1, 0.15) is 0 Å². The van der Waals surface area contributed by atoms with Crippen molar-refractivity contribution in [2.24, 2.45) is 0 Å². The molecule has 52 valence electrons. The van der Waals surface area contributed by atoms with E-state index in [1.807, 2.05) is 6.92 Å². The SMILES string of the molecule is C#CC(=C)/C(C=O)=C\CC. The molecular formula is C9H10O. The molecule has 0 aliphatic heterocycles. The van der Waals surface area contributed by atoms with Crippen LogP contribution in [0.15, 0.2) is 23.8 Å². The number of hydrogen-bond donors (Lipinski definition) is 0. The minimum absolute atomic E-state index is 0.455. The highest BCUT2D eigenvalue weighted by atomic mass is 16.1. The molecule has 1 nitrogen and oxygen atoms in total. The van der Waals surface area contributed by atoms with Crippen LogP contribution >= 0.6 is 0 Å². The lowest BCUT2D eigenvalue weighted by atomic mass is 10.1. The maximum Gasteiger partial charge on any atom is 0.150 e. The smallest absolute Gasteiger partial charge is 0.150 e. The third kappa shape index (κ3) is 2.32. The van der Waals surface area contributed by atoms with E-state index in [2.05, 4.69) is 12.5 Å². The zero-order chi connectivity index (χ0) is 7.98. The lowest BCUT2D eigenvalue weighted by molar-refractivity contribution is -0.104. The number of carbonyl (C=O) groups excluding carboxylic acids is 1. The molecule has 0 saturated heterocycles. The van der Waals surface area contributed by atoms with E-state index in [0.29, 0.717) is 11.1 Å². The zero-order valence-corrected chi connectivity index (χ0v) is 6.05. The molecule has 0 radical (unpaired) electrons. The molecule has 0 atom stereocenters. The highest BCUT2D eigenvalue weighted by molar-refractivity contribution is 5.82. The second-order valence-electron chi connectivity index (χ2n) is 1.81. The Bertz CT molecular complexity index is 203. The first-order chi connectivity index (χ1) is 4.76. The number of rotatable bonds is 3. The monoisotopic (exact) mass is 134 g/mol. The van der Waals surface area contributed by atoms with Gasteiger partial charge in [-0.05, 0) is 6.42 Å². The van der Waals surface area contributed by atoms with E-state index in [9.17, 15) is 4.79 Å². The van der Waals surface area contributed by atoms with Crippen LogP contribution in [0, 0.1) is 12.3 Å². The fourth-order valence-electron chi connectivity index (χ4n) is 0.546. The molecular weight excluding hydrogens is 124 g/mol. The first-order valence-electron chi connectivity index (χ1n) is 3.07. The normalized spacial score (nSPS) is 10.2. The van der Waals surface area contributed by atoms with Crippen molar-refractivity contribution < 1.29 is 4.79 Å². The van der Waals surface area contributed by atoms with Crippen LogP contribution in [0.3, 0.4) is 0 Å². The van der Waals surface area contributed by atoms with E-state index in [1.165, 1.54) is 0 Å². The predicted octanol–water partition coefficient (Wildman–Crippen LogP) is 1.71. The van der Waals surface area contributed by atoms with Crippen LogP contribution in [0.2, 0.25) is 0 Å². The molecule has 0 fully saturated rings. The summed E-state index contributed by atoms with van der Waals surface area (Å²) >= 11 is 0. The van der Waals surface area contributed by atoms with Crippen LogP contribution in [0.5, 0.6) is 0 Å². The number of aldehydes is 1. The number of allylic oxidation sites excluding steroid dienone is 3. The molecule has 0 heterocycles. The van der Waals surface area contributed by atoms with E-state index in [0.717, 1.165) is 12.7 Å². The van der Waals surface area contributed by atoms with Crippen molar-refractivity contribution in [3.8, 4) is 12.3 Å². The predicted molar refractivity (Wildman–Crippen MR) is 42.4 cm³/mol. The zero-order valence-electron chi connectivity index (χ0n) is 6.05. The Balaban J connectivity index is 4.39. The van der Waals surface area contributed by atoms with Crippen LogP contribution in [-0.2, 0) is 4.79 Å². The molecule has 0 rings (SSSR count). The topological polar surface area (TPSA) is 17.1 Å². The summed E-state index contributed by atoms with van der Waals surface area (Å²) in [7, 11) is 0. The van der Waals surface area contributed by atoms with Gasteiger partial charge in [0.15, 0.2) is 6.29 Å². The fraction of sp³-hybridized carbons (Fsp3) is 0.222. The van der Waals surface area contributed by atoms with Crippen molar-refractivity contribution in [3.05, 3.63) is 23.8 Å². The summed E-state index contributed by atoms with van der Waals surface area (Å²) in [6, 6.07) is 0. The van der Waals surface area contributed by atoms with E-state index < -0.39 is 0 Å². The summed E-state index contributed by atoms with van der Waals surface area (Å²) in [5.74, 6) is 2.31. The molecule has 0 aromatic carbocycles. The van der Waals surface area contributed by atoms with Crippen molar-refractivity contribution in [2.45, 2.75) is 13.3 Å². The number of terminal acetylenes is 1. The minimum Gasteiger partial charge on any atom is -0.298 e. The summed E-state index contributed by atoms with van der Waals surface area (Å²) in [6.45, 7) is 5.47. The maximum absolute atomic E-state index is 10.3. The van der Waals surface area contributed by atoms with Gasteiger partial charge >= 0.3 is 0 Å². The van der Waals surface area contributed by atoms with Crippen LogP contribution in [0.1, 0.15) is 13.3 Å². The van der Waals surface area contributed by atoms with Gasteiger partial charge < -0.3 is 0 Å². The highest BCUT2D eigenvalue weighted by Crippen LogP contribution is 2.03. The summed E-state index contributed by atoms with van der Waals surface area (Å²) in [5.41, 5.74) is 0.974. The summed E-state index contributed by atoms with van der Waals surface area (Å²) in [5, 5.41) is 0. The molecule has 1 heteroatoms. The Kier molecular flexibility index (Phi) is 3.99. The average molecular weight is 134 g/mol. The van der Waals surface area contributed by atoms with Crippen molar-refractivity contribution >= 4 is 6.29 Å². The Labute approximate surface area is 61.4 Å². The largest absolute Gasteiger partial charge is 0.298 e. The van der Waals surface area contributed by atoms with E-state index in [-0.39, 0.29) is 0 Å². The van der Waals surface area contributed by atoms with Crippen LogP contribution in [0.25, 0.3) is 0 Å². The molecule has 0 spiro atoms. The van der Waals surface area contributed by atoms with Gasteiger partial charge in [-0.3, -0.25) is 4.79 Å². The molecule has 0 aromatic rings. The fourth-order valence-corrected chi connectivity index (χ4v) is 0.546. The van der Waals surface area contributed by atoms with Gasteiger partial charge in [-0.15, -0.1) is 6.42 Å². The maximum atomic E-state index is 10.3. The molecule has 0 N–H and O–H groups in total. The summed E-state index contributed by atoms with van der Waals surface area (Å²) < 4.78 is 0. The minimum atomic E-state index is 0.455. The van der Waals surface area contributed by atoms with E-state index >= 15 is 0 Å². The van der Waals surface area contributed by atoms with Gasteiger partial charge in [0, 0.05) is 11.1 Å². The highest BCUT2D eigenvalue weighted by Gasteiger charge is 1.94. The number of carbonyl (C=O) groups is 1. The van der Waals surface area contributed by atoms with Gasteiger partial charge in [0.25, 0.3) is 0 Å². The first-order valence-corrected chi connectivity index (χ1v) is 3.07. The first kappa shape index (κ1) is 8.71. The van der Waals surface area contributed by atoms with Crippen molar-refractivity contribution in [1.29, 1.82) is 0 Å². The Morgan fingerprint density at radius 2 is 2.40 bits per heavy atom. The van der Waals surface area contributed by atoms with Crippen LogP contribution < -0.4 is 0 Å². The van der Waals surface area contributed by atoms with Gasteiger partial charge in [0.2, 0.25) is 0 Å². The Morgan fingerprint density at radius 3 is 2.70 bits per heavy atom. The van der Waals surface area contributed by atoms with Crippen LogP contribution in [-0.4, -0.2) is 6.29 Å². The summed E-state index contributed by atoms with van der Waals surface area (Å²) in [4.78, 5) is 10.3. The Hall–Kier alpha value is -1.29. The molecule has 0 unspecified atom stereocenters. The van der Waals surface area contributed by atoms with Gasteiger partial charge in [-0.2, -0.15) is 0 Å². The standard InChI is InChI=1S/C9H10O/c1-4-6-9(7-10)8(3)5-2/h2,6-7H,3-4H2,1H3/b9-6-. The van der Waals surface area contributed by atoms with Crippen molar-refractivity contribution in [1.82, 2.24) is 0 Å². The lowest BCUT2D eigenvalue weighted by Gasteiger charge is -1.92. The lowest BCUT2D eigenvalue weighted by Crippen LogP contribution is -1.85. The average Bonchev–Trinajstić information content (AvgIpc) is 1.99. The van der Waals surface area contributed by atoms with Crippen LogP contribution in [0.4, 0.5) is 0 Å². The number of hydrogen-bond acceptors (Lipinski definition) is 1. The quantitative estimate of drug-likeness (QED) is 0.248. The molecule has 0 aromatic heterocycles. The van der Waals surface area contributed by atoms with E-state index in [4.69, 9.17) is 6.42 Å². The molecule has 0 aliphatic carbocycles. The second kappa shape index (κ2) is 4.58.